The summed E-state index contributed by atoms with van der Waals surface area (Å²) in [5.74, 6) is 0.821. The zero-order valence-corrected chi connectivity index (χ0v) is 10.9. The molecule has 0 amide bonds. The van der Waals surface area contributed by atoms with E-state index in [4.69, 9.17) is 14.2 Å². The molecule has 5 rings (SSSR count). The third-order valence-electron chi connectivity index (χ3n) is 6.21. The molecular formula is C15H18O4. The van der Waals surface area contributed by atoms with Gasteiger partial charge in [-0.3, -0.25) is 0 Å². The van der Waals surface area contributed by atoms with Crippen LogP contribution in [0, 0.1) is 17.8 Å². The van der Waals surface area contributed by atoms with E-state index < -0.39 is 0 Å². The summed E-state index contributed by atoms with van der Waals surface area (Å²) in [5, 5.41) is 0. The summed E-state index contributed by atoms with van der Waals surface area (Å²) in [4.78, 5) is 11.9. The second kappa shape index (κ2) is 3.07. The predicted octanol–water partition coefficient (Wildman–Crippen LogP) is 1.44. The molecular weight excluding hydrogens is 244 g/mol. The van der Waals surface area contributed by atoms with Crippen molar-refractivity contribution in [1.29, 1.82) is 0 Å². The Morgan fingerprint density at radius 2 is 1.79 bits per heavy atom. The van der Waals surface area contributed by atoms with Gasteiger partial charge in [0, 0.05) is 17.4 Å². The maximum atomic E-state index is 11.9. The van der Waals surface area contributed by atoms with E-state index in [9.17, 15) is 4.79 Å². The Balaban J connectivity index is 1.60. The molecule has 0 unspecified atom stereocenters. The fraction of sp³-hybridized carbons (Fsp3) is 0.800. The van der Waals surface area contributed by atoms with Crippen molar-refractivity contribution in [2.75, 3.05) is 13.2 Å². The molecule has 0 aromatic rings. The molecule has 0 aromatic carbocycles. The molecule has 6 atom stereocenters. The quantitative estimate of drug-likeness (QED) is 0.376. The van der Waals surface area contributed by atoms with E-state index in [1.54, 1.807) is 0 Å². The van der Waals surface area contributed by atoms with E-state index in [1.807, 2.05) is 0 Å². The van der Waals surface area contributed by atoms with Crippen molar-refractivity contribution in [2.24, 2.45) is 17.8 Å². The fourth-order valence-electron chi connectivity index (χ4n) is 4.99. The SMILES string of the molecule is C=C1C(=O)O[C@@H]2[C@@H]3[C@@H](CC[C@@]34CO4)[C@]3(CC[C@@H]12)CO3. The fourth-order valence-corrected chi connectivity index (χ4v) is 4.99. The molecule has 0 bridgehead atoms. The molecule has 4 heteroatoms. The van der Waals surface area contributed by atoms with Gasteiger partial charge >= 0.3 is 5.97 Å². The third kappa shape index (κ3) is 1.20. The molecule has 102 valence electrons. The molecule has 4 nitrogen and oxygen atoms in total. The monoisotopic (exact) mass is 262 g/mol. The van der Waals surface area contributed by atoms with Crippen LogP contribution in [0.2, 0.25) is 0 Å². The lowest BCUT2D eigenvalue weighted by Gasteiger charge is -2.29. The first kappa shape index (κ1) is 10.9. The Hall–Kier alpha value is -0.870. The highest BCUT2D eigenvalue weighted by atomic mass is 16.6. The predicted molar refractivity (Wildman–Crippen MR) is 65.3 cm³/mol. The Kier molecular flexibility index (Phi) is 1.75. The highest BCUT2D eigenvalue weighted by Gasteiger charge is 2.71. The minimum atomic E-state index is -0.191. The van der Waals surface area contributed by atoms with Crippen LogP contribution in [0.3, 0.4) is 0 Å². The van der Waals surface area contributed by atoms with Gasteiger partial charge in [-0.25, -0.2) is 4.79 Å². The number of fused-ring (bicyclic) bond motifs is 5. The second-order valence-electron chi connectivity index (χ2n) is 6.92. The van der Waals surface area contributed by atoms with E-state index in [2.05, 4.69) is 6.58 Å². The second-order valence-corrected chi connectivity index (χ2v) is 6.92. The first-order valence-electron chi connectivity index (χ1n) is 7.33. The lowest BCUT2D eigenvalue weighted by atomic mass is 9.77. The Morgan fingerprint density at radius 1 is 1.11 bits per heavy atom. The van der Waals surface area contributed by atoms with Crippen molar-refractivity contribution in [3.8, 4) is 0 Å². The zero-order valence-electron chi connectivity index (χ0n) is 10.9. The van der Waals surface area contributed by atoms with Crippen LogP contribution in [0.5, 0.6) is 0 Å². The summed E-state index contributed by atoms with van der Waals surface area (Å²) in [6.45, 7) is 5.67. The maximum absolute atomic E-state index is 11.9. The van der Waals surface area contributed by atoms with Crippen molar-refractivity contribution >= 4 is 5.97 Å². The first-order valence-corrected chi connectivity index (χ1v) is 7.33. The number of ether oxygens (including phenoxy) is 3. The summed E-state index contributed by atoms with van der Waals surface area (Å²) in [6, 6.07) is 0. The Bertz CT molecular complexity index is 488. The molecule has 19 heavy (non-hydrogen) atoms. The van der Waals surface area contributed by atoms with Crippen LogP contribution in [-0.4, -0.2) is 36.5 Å². The van der Waals surface area contributed by atoms with Crippen molar-refractivity contribution in [3.63, 3.8) is 0 Å². The van der Waals surface area contributed by atoms with Gasteiger partial charge in [-0.1, -0.05) is 6.58 Å². The molecule has 3 heterocycles. The molecule has 2 aliphatic carbocycles. The van der Waals surface area contributed by atoms with Gasteiger partial charge in [-0.2, -0.15) is 0 Å². The molecule has 5 aliphatic rings. The van der Waals surface area contributed by atoms with Crippen molar-refractivity contribution < 1.29 is 19.0 Å². The molecule has 2 spiro atoms. The van der Waals surface area contributed by atoms with Crippen LogP contribution in [0.4, 0.5) is 0 Å². The minimum Gasteiger partial charge on any atom is -0.458 e. The number of hydrogen-bond acceptors (Lipinski definition) is 4. The van der Waals surface area contributed by atoms with Gasteiger partial charge in [0.2, 0.25) is 0 Å². The molecule has 0 N–H and O–H groups in total. The average Bonchev–Trinajstić information content (AvgIpc) is 3.26. The van der Waals surface area contributed by atoms with Gasteiger partial charge in [-0.05, 0) is 31.6 Å². The summed E-state index contributed by atoms with van der Waals surface area (Å²) < 4.78 is 17.4. The number of esters is 1. The lowest BCUT2D eigenvalue weighted by molar-refractivity contribution is -0.143. The van der Waals surface area contributed by atoms with E-state index in [1.165, 1.54) is 0 Å². The molecule has 3 aliphatic heterocycles. The van der Waals surface area contributed by atoms with Crippen LogP contribution in [0.1, 0.15) is 25.7 Å². The summed E-state index contributed by atoms with van der Waals surface area (Å²) in [7, 11) is 0. The van der Waals surface area contributed by atoms with E-state index in [0.717, 1.165) is 38.9 Å². The maximum Gasteiger partial charge on any atom is 0.334 e. The van der Waals surface area contributed by atoms with Crippen LogP contribution < -0.4 is 0 Å². The number of epoxide rings is 2. The number of hydrogen-bond donors (Lipinski definition) is 0. The van der Waals surface area contributed by atoms with E-state index >= 15 is 0 Å². The van der Waals surface area contributed by atoms with Gasteiger partial charge in [0.1, 0.15) is 6.10 Å². The first-order chi connectivity index (χ1) is 9.15. The molecule has 0 aromatic heterocycles. The van der Waals surface area contributed by atoms with Crippen LogP contribution >= 0.6 is 0 Å². The topological polar surface area (TPSA) is 51.4 Å². The highest BCUT2D eigenvalue weighted by Crippen LogP contribution is 2.64. The van der Waals surface area contributed by atoms with E-state index in [0.29, 0.717) is 17.4 Å². The molecule has 0 radical (unpaired) electrons. The number of rotatable bonds is 0. The number of carbonyl (C=O) groups is 1. The largest absolute Gasteiger partial charge is 0.458 e. The smallest absolute Gasteiger partial charge is 0.334 e. The lowest BCUT2D eigenvalue weighted by Crippen LogP contribution is -2.40. The average molecular weight is 262 g/mol. The molecule has 2 saturated carbocycles. The van der Waals surface area contributed by atoms with Gasteiger partial charge in [0.15, 0.2) is 0 Å². The zero-order chi connectivity index (χ0) is 12.8. The summed E-state index contributed by atoms with van der Waals surface area (Å²) in [5.41, 5.74) is 0.725. The third-order valence-corrected chi connectivity index (χ3v) is 6.21. The highest BCUT2D eigenvalue weighted by molar-refractivity contribution is 5.90. The van der Waals surface area contributed by atoms with Gasteiger partial charge in [0.25, 0.3) is 0 Å². The van der Waals surface area contributed by atoms with Gasteiger partial charge in [0.05, 0.1) is 24.4 Å². The Labute approximate surface area is 112 Å². The molecule has 5 fully saturated rings. The summed E-state index contributed by atoms with van der Waals surface area (Å²) >= 11 is 0. The van der Waals surface area contributed by atoms with E-state index in [-0.39, 0.29) is 29.2 Å². The standard InChI is InChI=1S/C15H18O4/c1-8-9-2-4-14(6-17-14)10-3-5-15(7-18-15)11(10)12(9)19-13(8)16/h9-12H,1-7H2/t9-,10+,11-,12-,14-,15+/m0/s1. The van der Waals surface area contributed by atoms with Crippen molar-refractivity contribution in [3.05, 3.63) is 12.2 Å². The minimum absolute atomic E-state index is 0.0121. The van der Waals surface area contributed by atoms with Crippen LogP contribution in [0.15, 0.2) is 12.2 Å². The molecule has 3 saturated heterocycles. The van der Waals surface area contributed by atoms with Gasteiger partial charge in [-0.15, -0.1) is 0 Å². The van der Waals surface area contributed by atoms with Crippen molar-refractivity contribution in [2.45, 2.75) is 43.0 Å². The van der Waals surface area contributed by atoms with Gasteiger partial charge < -0.3 is 14.2 Å². The Morgan fingerprint density at radius 3 is 2.47 bits per heavy atom. The summed E-state index contributed by atoms with van der Waals surface area (Å²) in [6.07, 6.45) is 4.25. The normalized spacial score (nSPS) is 57.9. The van der Waals surface area contributed by atoms with Crippen molar-refractivity contribution in [1.82, 2.24) is 0 Å². The van der Waals surface area contributed by atoms with Crippen LogP contribution in [0.25, 0.3) is 0 Å². The number of carbonyl (C=O) groups excluding carboxylic acids is 1. The van der Waals surface area contributed by atoms with Crippen LogP contribution in [-0.2, 0) is 19.0 Å².